The fraction of sp³-hybridized carbons (Fsp3) is 0.714. The third-order valence-electron chi connectivity index (χ3n) is 1.74. The maximum absolute atomic E-state index is 9.28. The van der Waals surface area contributed by atoms with Gasteiger partial charge >= 0.3 is 0 Å². The maximum Gasteiger partial charge on any atom is 0.105 e. The fourth-order valence-electron chi connectivity index (χ4n) is 1.08. The van der Waals surface area contributed by atoms with E-state index in [1.165, 1.54) is 6.42 Å². The van der Waals surface area contributed by atoms with Gasteiger partial charge in [-0.2, -0.15) is 0 Å². The lowest BCUT2D eigenvalue weighted by molar-refractivity contribution is 0.367. The van der Waals surface area contributed by atoms with E-state index >= 15 is 0 Å². The van der Waals surface area contributed by atoms with E-state index in [4.69, 9.17) is 0 Å². The SMILES string of the molecule is CC1=C(O)C(Br)CCC1. The van der Waals surface area contributed by atoms with Crippen molar-refractivity contribution in [1.82, 2.24) is 0 Å². The normalized spacial score (nSPS) is 28.9. The van der Waals surface area contributed by atoms with E-state index in [1.54, 1.807) is 0 Å². The first-order valence-electron chi connectivity index (χ1n) is 3.24. The molecule has 0 aliphatic heterocycles. The first kappa shape index (κ1) is 7.13. The van der Waals surface area contributed by atoms with E-state index in [1.807, 2.05) is 6.92 Å². The van der Waals surface area contributed by atoms with Crippen LogP contribution in [0, 0.1) is 0 Å². The standard InChI is InChI=1S/C7H11BrO/c1-5-3-2-4-6(8)7(5)9/h6,9H,2-4H2,1H3. The summed E-state index contributed by atoms with van der Waals surface area (Å²) in [7, 11) is 0. The maximum atomic E-state index is 9.28. The van der Waals surface area contributed by atoms with Crippen LogP contribution < -0.4 is 0 Å². The average Bonchev–Trinajstić information content (AvgIpc) is 1.83. The van der Waals surface area contributed by atoms with Gasteiger partial charge in [0.2, 0.25) is 0 Å². The van der Waals surface area contributed by atoms with Crippen LogP contribution >= 0.6 is 15.9 Å². The molecule has 1 aliphatic carbocycles. The molecule has 1 aliphatic rings. The van der Waals surface area contributed by atoms with Crippen molar-refractivity contribution in [3.63, 3.8) is 0 Å². The quantitative estimate of drug-likeness (QED) is 0.583. The van der Waals surface area contributed by atoms with Gasteiger partial charge in [-0.3, -0.25) is 0 Å². The molecule has 2 heteroatoms. The van der Waals surface area contributed by atoms with Gasteiger partial charge in [0.05, 0.1) is 4.83 Å². The number of hydrogen-bond donors (Lipinski definition) is 1. The molecule has 0 aromatic rings. The zero-order chi connectivity index (χ0) is 6.85. The van der Waals surface area contributed by atoms with Crippen molar-refractivity contribution in [3.05, 3.63) is 11.3 Å². The Hall–Kier alpha value is 0.0200. The number of alkyl halides is 1. The van der Waals surface area contributed by atoms with Crippen molar-refractivity contribution in [2.24, 2.45) is 0 Å². The second-order valence-corrected chi connectivity index (χ2v) is 3.63. The monoisotopic (exact) mass is 190 g/mol. The average molecular weight is 191 g/mol. The molecule has 1 nitrogen and oxygen atoms in total. The molecule has 1 N–H and O–H groups in total. The molecule has 0 radical (unpaired) electrons. The van der Waals surface area contributed by atoms with E-state index in [0.717, 1.165) is 18.4 Å². The third kappa shape index (κ3) is 1.48. The van der Waals surface area contributed by atoms with Crippen LogP contribution in [0.15, 0.2) is 11.3 Å². The fourth-order valence-corrected chi connectivity index (χ4v) is 1.79. The Labute approximate surface area is 63.9 Å². The van der Waals surface area contributed by atoms with Crippen molar-refractivity contribution < 1.29 is 5.11 Å². The molecule has 0 aromatic carbocycles. The van der Waals surface area contributed by atoms with Crippen molar-refractivity contribution in [1.29, 1.82) is 0 Å². The molecular formula is C7H11BrO. The highest BCUT2D eigenvalue weighted by Gasteiger charge is 2.16. The van der Waals surface area contributed by atoms with Crippen LogP contribution in [0.25, 0.3) is 0 Å². The summed E-state index contributed by atoms with van der Waals surface area (Å²) in [6, 6.07) is 0. The molecule has 0 aromatic heterocycles. The Morgan fingerprint density at radius 3 is 2.78 bits per heavy atom. The third-order valence-corrected chi connectivity index (χ3v) is 2.63. The summed E-state index contributed by atoms with van der Waals surface area (Å²) in [4.78, 5) is 0.228. The summed E-state index contributed by atoms with van der Waals surface area (Å²) in [5.74, 6) is 0.557. The predicted octanol–water partition coefficient (Wildman–Crippen LogP) is 2.77. The van der Waals surface area contributed by atoms with Gasteiger partial charge in [-0.25, -0.2) is 0 Å². The van der Waals surface area contributed by atoms with Gasteiger partial charge in [0, 0.05) is 0 Å². The van der Waals surface area contributed by atoms with Gasteiger partial charge in [0.25, 0.3) is 0 Å². The molecular weight excluding hydrogens is 180 g/mol. The molecule has 0 fully saturated rings. The Kier molecular flexibility index (Phi) is 2.17. The minimum atomic E-state index is 0.228. The largest absolute Gasteiger partial charge is 0.511 e. The lowest BCUT2D eigenvalue weighted by Gasteiger charge is -2.17. The van der Waals surface area contributed by atoms with Crippen molar-refractivity contribution in [2.45, 2.75) is 31.0 Å². The Morgan fingerprint density at radius 1 is 1.67 bits per heavy atom. The number of aliphatic hydroxyl groups excluding tert-OH is 1. The summed E-state index contributed by atoms with van der Waals surface area (Å²) in [6.07, 6.45) is 3.34. The van der Waals surface area contributed by atoms with Crippen molar-refractivity contribution in [2.75, 3.05) is 0 Å². The summed E-state index contributed by atoms with van der Waals surface area (Å²) >= 11 is 3.39. The number of rotatable bonds is 0. The van der Waals surface area contributed by atoms with Crippen LogP contribution in [0.4, 0.5) is 0 Å². The van der Waals surface area contributed by atoms with Crippen LogP contribution in [0.2, 0.25) is 0 Å². The second-order valence-electron chi connectivity index (χ2n) is 2.53. The van der Waals surface area contributed by atoms with Crippen LogP contribution in [0.3, 0.4) is 0 Å². The summed E-state index contributed by atoms with van der Waals surface area (Å²) in [5.41, 5.74) is 1.14. The number of hydrogen-bond acceptors (Lipinski definition) is 1. The Balaban J connectivity index is 2.72. The summed E-state index contributed by atoms with van der Waals surface area (Å²) < 4.78 is 0. The molecule has 0 bridgehead atoms. The lowest BCUT2D eigenvalue weighted by atomic mass is 9.99. The van der Waals surface area contributed by atoms with Crippen molar-refractivity contribution >= 4 is 15.9 Å². The van der Waals surface area contributed by atoms with E-state index in [2.05, 4.69) is 15.9 Å². The highest BCUT2D eigenvalue weighted by molar-refractivity contribution is 9.09. The topological polar surface area (TPSA) is 20.2 Å². The van der Waals surface area contributed by atoms with E-state index in [0.29, 0.717) is 5.76 Å². The van der Waals surface area contributed by atoms with Crippen LogP contribution in [-0.2, 0) is 0 Å². The van der Waals surface area contributed by atoms with Gasteiger partial charge in [0.15, 0.2) is 0 Å². The van der Waals surface area contributed by atoms with E-state index < -0.39 is 0 Å². The van der Waals surface area contributed by atoms with E-state index in [-0.39, 0.29) is 4.83 Å². The zero-order valence-corrected chi connectivity index (χ0v) is 7.11. The molecule has 1 rings (SSSR count). The number of allylic oxidation sites excluding steroid dienone is 2. The molecule has 9 heavy (non-hydrogen) atoms. The first-order valence-corrected chi connectivity index (χ1v) is 4.16. The number of aliphatic hydroxyl groups is 1. The molecule has 1 atom stereocenters. The van der Waals surface area contributed by atoms with Gasteiger partial charge in [-0.05, 0) is 31.8 Å². The number of halogens is 1. The van der Waals surface area contributed by atoms with Crippen molar-refractivity contribution in [3.8, 4) is 0 Å². The molecule has 0 spiro atoms. The predicted molar refractivity (Wildman–Crippen MR) is 41.9 cm³/mol. The van der Waals surface area contributed by atoms with Gasteiger partial charge in [-0.1, -0.05) is 15.9 Å². The van der Waals surface area contributed by atoms with Crippen LogP contribution in [0.5, 0.6) is 0 Å². The molecule has 0 saturated carbocycles. The second kappa shape index (κ2) is 2.74. The molecule has 0 amide bonds. The van der Waals surface area contributed by atoms with Gasteiger partial charge in [0.1, 0.15) is 5.76 Å². The molecule has 52 valence electrons. The Morgan fingerprint density at radius 2 is 2.33 bits per heavy atom. The summed E-state index contributed by atoms with van der Waals surface area (Å²) in [6.45, 7) is 1.99. The van der Waals surface area contributed by atoms with Gasteiger partial charge < -0.3 is 5.11 Å². The Bertz CT molecular complexity index is 140. The minimum Gasteiger partial charge on any atom is -0.511 e. The van der Waals surface area contributed by atoms with Gasteiger partial charge in [-0.15, -0.1) is 0 Å². The molecule has 0 saturated heterocycles. The zero-order valence-electron chi connectivity index (χ0n) is 5.52. The molecule has 0 heterocycles. The highest BCUT2D eigenvalue weighted by atomic mass is 79.9. The smallest absolute Gasteiger partial charge is 0.105 e. The summed E-state index contributed by atoms with van der Waals surface area (Å²) in [5, 5.41) is 9.28. The van der Waals surface area contributed by atoms with E-state index in [9.17, 15) is 5.11 Å². The highest BCUT2D eigenvalue weighted by Crippen LogP contribution is 2.27. The van der Waals surface area contributed by atoms with Crippen LogP contribution in [-0.4, -0.2) is 9.93 Å². The lowest BCUT2D eigenvalue weighted by Crippen LogP contribution is -2.09. The molecule has 1 unspecified atom stereocenters. The first-order chi connectivity index (χ1) is 4.22. The van der Waals surface area contributed by atoms with Crippen LogP contribution in [0.1, 0.15) is 26.2 Å². The minimum absolute atomic E-state index is 0.228.